The van der Waals surface area contributed by atoms with Crippen molar-refractivity contribution in [1.29, 1.82) is 0 Å². The molecule has 1 aromatic carbocycles. The molecule has 1 aromatic rings. The van der Waals surface area contributed by atoms with Gasteiger partial charge in [0.25, 0.3) is 11.8 Å². The van der Waals surface area contributed by atoms with E-state index in [4.69, 9.17) is 5.11 Å². The van der Waals surface area contributed by atoms with E-state index >= 15 is 0 Å². The van der Waals surface area contributed by atoms with Crippen LogP contribution in [0, 0.1) is 6.92 Å². The second-order valence-electron chi connectivity index (χ2n) is 3.88. The first-order valence-corrected chi connectivity index (χ1v) is 6.53. The maximum absolute atomic E-state index is 12.8. The molecule has 0 aliphatic rings. The fraction of sp³-hybridized carbons (Fsp3) is 0.417. The Morgan fingerprint density at radius 3 is 2.72 bits per heavy atom. The van der Waals surface area contributed by atoms with Crippen molar-refractivity contribution in [2.75, 3.05) is 19.4 Å². The second-order valence-corrected chi connectivity index (χ2v) is 4.76. The van der Waals surface area contributed by atoms with Gasteiger partial charge in [0.05, 0.1) is 6.54 Å². The van der Waals surface area contributed by atoms with Gasteiger partial charge in [-0.2, -0.15) is 0 Å². The molecular formula is C12H15F2NO2S. The van der Waals surface area contributed by atoms with E-state index in [9.17, 15) is 13.6 Å². The summed E-state index contributed by atoms with van der Waals surface area (Å²) in [6.45, 7) is -0.411. The highest BCUT2D eigenvalue weighted by molar-refractivity contribution is 7.98. The van der Waals surface area contributed by atoms with Crippen LogP contribution in [0.2, 0.25) is 0 Å². The molecule has 3 nitrogen and oxygen atoms in total. The number of carbonyl (C=O) groups is 1. The minimum atomic E-state index is -3.29. The zero-order valence-electron chi connectivity index (χ0n) is 10.2. The topological polar surface area (TPSA) is 49.3 Å². The molecule has 0 unspecified atom stereocenters. The number of aliphatic hydroxyl groups excluding tert-OH is 1. The fourth-order valence-corrected chi connectivity index (χ4v) is 1.77. The second kappa shape index (κ2) is 6.15. The molecule has 0 bridgehead atoms. The number of nitrogens with one attached hydrogen (secondary N) is 1. The molecular weight excluding hydrogens is 260 g/mol. The lowest BCUT2D eigenvalue weighted by Crippen LogP contribution is -2.39. The largest absolute Gasteiger partial charge is 0.390 e. The molecule has 0 heterocycles. The number of aryl methyl sites for hydroxylation is 1. The van der Waals surface area contributed by atoms with Crippen LogP contribution in [0.15, 0.2) is 23.1 Å². The Hall–Kier alpha value is -1.14. The molecule has 6 heteroatoms. The van der Waals surface area contributed by atoms with Gasteiger partial charge in [0.1, 0.15) is 6.61 Å². The van der Waals surface area contributed by atoms with Crippen LogP contribution in [-0.2, 0) is 0 Å². The van der Waals surface area contributed by atoms with E-state index in [1.165, 1.54) is 11.8 Å². The van der Waals surface area contributed by atoms with Crippen LogP contribution in [-0.4, -0.2) is 36.3 Å². The maximum atomic E-state index is 12.8. The Morgan fingerprint density at radius 2 is 2.17 bits per heavy atom. The predicted molar refractivity (Wildman–Crippen MR) is 67.3 cm³/mol. The summed E-state index contributed by atoms with van der Waals surface area (Å²) in [6, 6.07) is 5.29. The predicted octanol–water partition coefficient (Wildman–Crippen LogP) is 2.07. The van der Waals surface area contributed by atoms with Crippen molar-refractivity contribution < 1.29 is 18.7 Å². The van der Waals surface area contributed by atoms with Gasteiger partial charge in [0.2, 0.25) is 0 Å². The van der Waals surface area contributed by atoms with Crippen LogP contribution in [0.1, 0.15) is 15.9 Å². The standard InChI is InChI=1S/C12H15F2NO2S/c1-8-3-4-9(18-2)5-10(8)11(17)15-6-12(13,14)7-16/h3-5,16H,6-7H2,1-2H3,(H,15,17). The van der Waals surface area contributed by atoms with Gasteiger partial charge in [0.15, 0.2) is 0 Å². The Morgan fingerprint density at radius 1 is 1.50 bits per heavy atom. The van der Waals surface area contributed by atoms with Gasteiger partial charge in [-0.25, -0.2) is 8.78 Å². The Balaban J connectivity index is 2.78. The smallest absolute Gasteiger partial charge is 0.287 e. The lowest BCUT2D eigenvalue weighted by molar-refractivity contribution is -0.0462. The van der Waals surface area contributed by atoms with E-state index in [0.717, 1.165) is 10.5 Å². The number of hydrogen-bond donors (Lipinski definition) is 2. The summed E-state index contributed by atoms with van der Waals surface area (Å²) in [7, 11) is 0. The first-order chi connectivity index (χ1) is 8.39. The number of amides is 1. The van der Waals surface area contributed by atoms with Crippen molar-refractivity contribution in [2.45, 2.75) is 17.7 Å². The first-order valence-electron chi connectivity index (χ1n) is 5.31. The minimum Gasteiger partial charge on any atom is -0.390 e. The van der Waals surface area contributed by atoms with E-state index in [-0.39, 0.29) is 0 Å². The number of alkyl halides is 2. The van der Waals surface area contributed by atoms with E-state index in [1.807, 2.05) is 12.3 Å². The van der Waals surface area contributed by atoms with Gasteiger partial charge in [-0.05, 0) is 30.9 Å². The lowest BCUT2D eigenvalue weighted by atomic mass is 10.1. The molecule has 0 aliphatic carbocycles. The summed E-state index contributed by atoms with van der Waals surface area (Å²) in [4.78, 5) is 12.6. The SMILES string of the molecule is CSc1ccc(C)c(C(=O)NCC(F)(F)CO)c1. The van der Waals surface area contributed by atoms with Crippen molar-refractivity contribution in [2.24, 2.45) is 0 Å². The van der Waals surface area contributed by atoms with E-state index < -0.39 is 25.0 Å². The van der Waals surface area contributed by atoms with Gasteiger partial charge in [-0.3, -0.25) is 4.79 Å². The molecule has 1 rings (SSSR count). The molecule has 0 radical (unpaired) electrons. The molecule has 0 atom stereocenters. The third-order valence-electron chi connectivity index (χ3n) is 2.43. The molecule has 0 fully saturated rings. The van der Waals surface area contributed by atoms with Crippen molar-refractivity contribution in [3.05, 3.63) is 29.3 Å². The normalized spacial score (nSPS) is 11.4. The fourth-order valence-electron chi connectivity index (χ4n) is 1.33. The zero-order chi connectivity index (χ0) is 13.8. The van der Waals surface area contributed by atoms with Crippen LogP contribution in [0.4, 0.5) is 8.78 Å². The highest BCUT2D eigenvalue weighted by Crippen LogP contribution is 2.19. The first kappa shape index (κ1) is 14.9. The van der Waals surface area contributed by atoms with Gasteiger partial charge in [-0.15, -0.1) is 11.8 Å². The van der Waals surface area contributed by atoms with Crippen LogP contribution in [0.5, 0.6) is 0 Å². The molecule has 100 valence electrons. The molecule has 0 saturated carbocycles. The summed E-state index contributed by atoms with van der Waals surface area (Å²) < 4.78 is 25.6. The number of hydrogen-bond acceptors (Lipinski definition) is 3. The van der Waals surface area contributed by atoms with Crippen molar-refractivity contribution in [3.63, 3.8) is 0 Å². The lowest BCUT2D eigenvalue weighted by Gasteiger charge is -2.15. The van der Waals surface area contributed by atoms with Crippen molar-refractivity contribution in [3.8, 4) is 0 Å². The van der Waals surface area contributed by atoms with Crippen LogP contribution >= 0.6 is 11.8 Å². The Bertz CT molecular complexity index is 438. The number of rotatable bonds is 5. The molecule has 1 amide bonds. The highest BCUT2D eigenvalue weighted by Gasteiger charge is 2.28. The van der Waals surface area contributed by atoms with Crippen LogP contribution in [0.3, 0.4) is 0 Å². The number of carbonyl (C=O) groups excluding carboxylic acids is 1. The average molecular weight is 275 g/mol. The number of aliphatic hydroxyl groups is 1. The van der Waals surface area contributed by atoms with E-state index in [2.05, 4.69) is 5.32 Å². The number of benzene rings is 1. The van der Waals surface area contributed by atoms with Gasteiger partial charge in [-0.1, -0.05) is 6.07 Å². The highest BCUT2D eigenvalue weighted by atomic mass is 32.2. The summed E-state index contributed by atoms with van der Waals surface area (Å²) in [5, 5.41) is 10.5. The zero-order valence-corrected chi connectivity index (χ0v) is 11.0. The minimum absolute atomic E-state index is 0.371. The van der Waals surface area contributed by atoms with E-state index in [1.54, 1.807) is 19.1 Å². The molecule has 0 saturated heterocycles. The Kier molecular flexibility index (Phi) is 5.10. The third kappa shape index (κ3) is 3.96. The number of halogens is 2. The van der Waals surface area contributed by atoms with Gasteiger partial charge < -0.3 is 10.4 Å². The summed E-state index contributed by atoms with van der Waals surface area (Å²) in [5.41, 5.74) is 1.09. The molecule has 0 spiro atoms. The van der Waals surface area contributed by atoms with E-state index in [0.29, 0.717) is 5.56 Å². The number of thioether (sulfide) groups is 1. The maximum Gasteiger partial charge on any atom is 0.287 e. The molecule has 0 aromatic heterocycles. The quantitative estimate of drug-likeness (QED) is 0.809. The molecule has 2 N–H and O–H groups in total. The average Bonchev–Trinajstić information content (AvgIpc) is 2.36. The van der Waals surface area contributed by atoms with Crippen molar-refractivity contribution in [1.82, 2.24) is 5.32 Å². The monoisotopic (exact) mass is 275 g/mol. The van der Waals surface area contributed by atoms with Crippen LogP contribution < -0.4 is 5.32 Å². The third-order valence-corrected chi connectivity index (χ3v) is 3.15. The molecule has 0 aliphatic heterocycles. The summed E-state index contributed by atoms with van der Waals surface area (Å²) in [5.74, 6) is -3.85. The van der Waals surface area contributed by atoms with Crippen LogP contribution in [0.25, 0.3) is 0 Å². The summed E-state index contributed by atoms with van der Waals surface area (Å²) >= 11 is 1.47. The van der Waals surface area contributed by atoms with Gasteiger partial charge in [0, 0.05) is 10.5 Å². The Labute approximate surface area is 109 Å². The van der Waals surface area contributed by atoms with Crippen molar-refractivity contribution >= 4 is 17.7 Å². The molecule has 18 heavy (non-hydrogen) atoms. The van der Waals surface area contributed by atoms with Gasteiger partial charge >= 0.3 is 0 Å². The summed E-state index contributed by atoms with van der Waals surface area (Å²) in [6.07, 6.45) is 1.87.